The van der Waals surface area contributed by atoms with Gasteiger partial charge in [0.2, 0.25) is 5.91 Å². The lowest BCUT2D eigenvalue weighted by atomic mass is 10.0. The van der Waals surface area contributed by atoms with Crippen LogP contribution in [0.4, 0.5) is 0 Å². The zero-order valence-electron chi connectivity index (χ0n) is 11.7. The fourth-order valence-electron chi connectivity index (χ4n) is 2.35. The van der Waals surface area contributed by atoms with Crippen LogP contribution in [0.2, 0.25) is 5.02 Å². The van der Waals surface area contributed by atoms with E-state index >= 15 is 0 Å². The maximum atomic E-state index is 12.3. The fourth-order valence-corrected chi connectivity index (χ4v) is 3.69. The molecule has 1 aliphatic heterocycles. The Labute approximate surface area is 129 Å². The molecule has 1 heterocycles. The van der Waals surface area contributed by atoms with E-state index in [1.165, 1.54) is 0 Å². The smallest absolute Gasteiger partial charge is 0.236 e. The number of carbonyl (C=O) groups is 1. The molecule has 1 aliphatic rings. The standard InChI is InChI=1S/C15H20ClNO2S/c1-10(13(18)11-4-6-12(16)7-5-11)17-14(19)15(2)8-3-9-20-15/h4-7,10,13,18H,3,8-9H2,1-2H3,(H,17,19). The Bertz CT molecular complexity index is 471. The lowest BCUT2D eigenvalue weighted by molar-refractivity contribution is -0.124. The molecule has 1 saturated heterocycles. The SMILES string of the molecule is CC(NC(=O)C1(C)CCCS1)C(O)c1ccc(Cl)cc1. The number of hydrogen-bond acceptors (Lipinski definition) is 3. The first-order chi connectivity index (χ1) is 9.42. The van der Waals surface area contributed by atoms with Crippen molar-refractivity contribution in [3.63, 3.8) is 0 Å². The Morgan fingerprint density at radius 2 is 2.10 bits per heavy atom. The fraction of sp³-hybridized carbons (Fsp3) is 0.533. The zero-order valence-corrected chi connectivity index (χ0v) is 13.3. The average Bonchev–Trinajstić information content (AvgIpc) is 2.87. The molecule has 0 aliphatic carbocycles. The van der Waals surface area contributed by atoms with Gasteiger partial charge in [0.1, 0.15) is 0 Å². The number of carbonyl (C=O) groups excluding carboxylic acids is 1. The van der Waals surface area contributed by atoms with Crippen molar-refractivity contribution in [2.45, 2.75) is 43.6 Å². The minimum absolute atomic E-state index is 0.0144. The van der Waals surface area contributed by atoms with Gasteiger partial charge in [0.25, 0.3) is 0 Å². The summed E-state index contributed by atoms with van der Waals surface area (Å²) in [5.74, 6) is 1.04. The van der Waals surface area contributed by atoms with Gasteiger partial charge in [0.15, 0.2) is 0 Å². The minimum atomic E-state index is -0.730. The van der Waals surface area contributed by atoms with E-state index in [4.69, 9.17) is 11.6 Å². The molecule has 110 valence electrons. The van der Waals surface area contributed by atoms with Crippen LogP contribution in [0.15, 0.2) is 24.3 Å². The van der Waals surface area contributed by atoms with Crippen molar-refractivity contribution in [3.05, 3.63) is 34.9 Å². The normalized spacial score (nSPS) is 25.2. The van der Waals surface area contributed by atoms with E-state index in [0.717, 1.165) is 24.2 Å². The van der Waals surface area contributed by atoms with E-state index in [1.54, 1.807) is 36.0 Å². The number of rotatable bonds is 4. The highest BCUT2D eigenvalue weighted by atomic mass is 35.5. The topological polar surface area (TPSA) is 49.3 Å². The first-order valence-corrected chi connectivity index (χ1v) is 8.17. The van der Waals surface area contributed by atoms with Crippen LogP contribution < -0.4 is 5.32 Å². The first-order valence-electron chi connectivity index (χ1n) is 6.81. The van der Waals surface area contributed by atoms with E-state index in [1.807, 2.05) is 13.8 Å². The molecule has 0 bridgehead atoms. The van der Waals surface area contributed by atoms with E-state index in [0.29, 0.717) is 5.02 Å². The molecule has 3 nitrogen and oxygen atoms in total. The van der Waals surface area contributed by atoms with Gasteiger partial charge >= 0.3 is 0 Å². The van der Waals surface area contributed by atoms with Crippen molar-refractivity contribution in [1.82, 2.24) is 5.32 Å². The highest BCUT2D eigenvalue weighted by molar-refractivity contribution is 8.01. The van der Waals surface area contributed by atoms with Crippen LogP contribution in [0.3, 0.4) is 0 Å². The van der Waals surface area contributed by atoms with Gasteiger partial charge in [-0.1, -0.05) is 23.7 Å². The summed E-state index contributed by atoms with van der Waals surface area (Å²) in [5, 5.41) is 13.9. The molecule has 3 atom stereocenters. The summed E-state index contributed by atoms with van der Waals surface area (Å²) in [5.41, 5.74) is 0.756. The highest BCUT2D eigenvalue weighted by Crippen LogP contribution is 2.38. The first kappa shape index (κ1) is 15.7. The monoisotopic (exact) mass is 313 g/mol. The van der Waals surface area contributed by atoms with E-state index in [-0.39, 0.29) is 16.7 Å². The van der Waals surface area contributed by atoms with Gasteiger partial charge in [-0.3, -0.25) is 4.79 Å². The van der Waals surface area contributed by atoms with Crippen molar-refractivity contribution in [3.8, 4) is 0 Å². The van der Waals surface area contributed by atoms with E-state index in [9.17, 15) is 9.90 Å². The lowest BCUT2D eigenvalue weighted by Gasteiger charge is -2.27. The summed E-state index contributed by atoms with van der Waals surface area (Å²) in [7, 11) is 0. The number of amides is 1. The largest absolute Gasteiger partial charge is 0.386 e. The second-order valence-electron chi connectivity index (χ2n) is 5.44. The Hall–Kier alpha value is -0.710. The molecule has 1 fully saturated rings. The Morgan fingerprint density at radius 3 is 2.65 bits per heavy atom. The van der Waals surface area contributed by atoms with Crippen LogP contribution in [-0.2, 0) is 4.79 Å². The van der Waals surface area contributed by atoms with Crippen molar-refractivity contribution < 1.29 is 9.90 Å². The summed E-state index contributed by atoms with van der Waals surface area (Å²) < 4.78 is -0.353. The molecule has 0 aromatic heterocycles. The Balaban J connectivity index is 1.98. The van der Waals surface area contributed by atoms with Crippen molar-refractivity contribution in [2.24, 2.45) is 0 Å². The molecule has 5 heteroatoms. The lowest BCUT2D eigenvalue weighted by Crippen LogP contribution is -2.46. The van der Waals surface area contributed by atoms with Gasteiger partial charge in [-0.2, -0.15) is 0 Å². The molecule has 20 heavy (non-hydrogen) atoms. The molecule has 0 radical (unpaired) electrons. The van der Waals surface area contributed by atoms with Gasteiger partial charge in [-0.05, 0) is 50.1 Å². The van der Waals surface area contributed by atoms with Gasteiger partial charge in [0.05, 0.1) is 16.9 Å². The van der Waals surface area contributed by atoms with Crippen molar-refractivity contribution >= 4 is 29.3 Å². The van der Waals surface area contributed by atoms with Crippen LogP contribution in [0.25, 0.3) is 0 Å². The molecular weight excluding hydrogens is 294 g/mol. The van der Waals surface area contributed by atoms with E-state index < -0.39 is 6.10 Å². The molecular formula is C15H20ClNO2S. The summed E-state index contributed by atoms with van der Waals surface area (Å²) in [6.45, 7) is 3.79. The predicted octanol–water partition coefficient (Wildman–Crippen LogP) is 3.16. The van der Waals surface area contributed by atoms with Crippen LogP contribution in [0, 0.1) is 0 Å². The summed E-state index contributed by atoms with van der Waals surface area (Å²) in [4.78, 5) is 12.3. The summed E-state index contributed by atoms with van der Waals surface area (Å²) in [6.07, 6.45) is 1.24. The van der Waals surface area contributed by atoms with Crippen molar-refractivity contribution in [1.29, 1.82) is 0 Å². The summed E-state index contributed by atoms with van der Waals surface area (Å²) in [6, 6.07) is 6.70. The van der Waals surface area contributed by atoms with Gasteiger partial charge in [-0.25, -0.2) is 0 Å². The van der Waals surface area contributed by atoms with Crippen molar-refractivity contribution in [2.75, 3.05) is 5.75 Å². The number of benzene rings is 1. The van der Waals surface area contributed by atoms with Crippen LogP contribution >= 0.6 is 23.4 Å². The molecule has 0 saturated carbocycles. The summed E-state index contributed by atoms with van der Waals surface area (Å²) >= 11 is 7.52. The molecule has 2 rings (SSSR count). The van der Waals surface area contributed by atoms with Gasteiger partial charge < -0.3 is 10.4 Å². The van der Waals surface area contributed by atoms with Crippen LogP contribution in [0.5, 0.6) is 0 Å². The number of nitrogens with one attached hydrogen (secondary N) is 1. The highest BCUT2D eigenvalue weighted by Gasteiger charge is 2.38. The number of aliphatic hydroxyl groups is 1. The third-order valence-electron chi connectivity index (χ3n) is 3.74. The quantitative estimate of drug-likeness (QED) is 0.897. The molecule has 2 N–H and O–H groups in total. The number of halogens is 1. The molecule has 1 amide bonds. The molecule has 3 unspecified atom stereocenters. The molecule has 1 aromatic carbocycles. The van der Waals surface area contributed by atoms with Crippen LogP contribution in [-0.4, -0.2) is 27.6 Å². The maximum Gasteiger partial charge on any atom is 0.236 e. The third-order valence-corrected chi connectivity index (χ3v) is 5.51. The van der Waals surface area contributed by atoms with Gasteiger partial charge in [-0.15, -0.1) is 11.8 Å². The number of thioether (sulfide) groups is 1. The number of aliphatic hydroxyl groups excluding tert-OH is 1. The van der Waals surface area contributed by atoms with Gasteiger partial charge in [0, 0.05) is 5.02 Å². The zero-order chi connectivity index (χ0) is 14.8. The second kappa shape index (κ2) is 6.37. The Kier molecular flexibility index (Phi) is 4.99. The minimum Gasteiger partial charge on any atom is -0.386 e. The predicted molar refractivity (Wildman–Crippen MR) is 84.1 cm³/mol. The Morgan fingerprint density at radius 1 is 1.45 bits per heavy atom. The third kappa shape index (κ3) is 3.48. The second-order valence-corrected chi connectivity index (χ2v) is 7.48. The maximum absolute atomic E-state index is 12.3. The molecule has 0 spiro atoms. The van der Waals surface area contributed by atoms with Crippen LogP contribution in [0.1, 0.15) is 38.4 Å². The number of hydrogen-bond donors (Lipinski definition) is 2. The average molecular weight is 314 g/mol. The molecule has 1 aromatic rings. The van der Waals surface area contributed by atoms with E-state index in [2.05, 4.69) is 5.32 Å².